The Morgan fingerprint density at radius 2 is 1.80 bits per heavy atom. The number of nitrogens with zero attached hydrogens (tertiary/aromatic N) is 3. The van der Waals surface area contributed by atoms with Gasteiger partial charge in [-0.05, 0) is 120 Å². The number of carbonyl (C=O) groups excluding carboxylic acids is 4. The number of hydrogen-bond acceptors (Lipinski definition) is 11. The number of nitrogens with one attached hydrogen (secondary N) is 3. The Hall–Kier alpha value is -4.91. The van der Waals surface area contributed by atoms with E-state index in [1.165, 1.54) is 31.9 Å². The van der Waals surface area contributed by atoms with Crippen molar-refractivity contribution < 1.29 is 55.0 Å². The highest BCUT2D eigenvalue weighted by Crippen LogP contribution is 2.49. The van der Waals surface area contributed by atoms with Crippen molar-refractivity contribution in [3.8, 4) is 11.5 Å². The number of alkyl carbamates (subject to hydrolysis) is 1. The van der Waals surface area contributed by atoms with Crippen LogP contribution in [0.3, 0.4) is 0 Å². The van der Waals surface area contributed by atoms with Gasteiger partial charge in [0.2, 0.25) is 21.8 Å². The maximum Gasteiger partial charge on any atom is 0.437 e. The Labute approximate surface area is 402 Å². The first-order valence-corrected chi connectivity index (χ1v) is 26.2. The van der Waals surface area contributed by atoms with Gasteiger partial charge in [-0.3, -0.25) is 19.1 Å². The number of sulfonamides is 1. The largest absolute Gasteiger partial charge is 0.493 e. The van der Waals surface area contributed by atoms with Crippen LogP contribution in [0.1, 0.15) is 116 Å². The summed E-state index contributed by atoms with van der Waals surface area (Å²) in [5, 5.41) is 5.62. The highest BCUT2D eigenvalue weighted by molar-refractivity contribution is 7.91. The lowest BCUT2D eigenvalue weighted by molar-refractivity contribution is -0.144. The van der Waals surface area contributed by atoms with E-state index < -0.39 is 85.8 Å². The van der Waals surface area contributed by atoms with Crippen molar-refractivity contribution >= 4 is 44.7 Å². The Bertz CT molecular complexity index is 2450. The summed E-state index contributed by atoms with van der Waals surface area (Å²) in [6, 6.07) is 3.42. The highest BCUT2D eigenvalue weighted by Gasteiger charge is 2.58. The third-order valence-electron chi connectivity index (χ3n) is 14.7. The fourth-order valence-electron chi connectivity index (χ4n) is 9.85. The van der Waals surface area contributed by atoms with E-state index in [1.54, 1.807) is 24.3 Å². The molecule has 6 aliphatic rings. The number of fused-ring (bicyclic) bond motifs is 3. The average Bonchev–Trinajstić information content (AvgIpc) is 4.24. The van der Waals surface area contributed by atoms with E-state index in [9.17, 15) is 27.6 Å². The van der Waals surface area contributed by atoms with Crippen LogP contribution in [0, 0.1) is 23.7 Å². The summed E-state index contributed by atoms with van der Waals surface area (Å²) in [5.74, 6) is -2.21. The number of ether oxygens (including phenoxy) is 3. The second-order valence-electron chi connectivity index (χ2n) is 20.9. The third kappa shape index (κ3) is 11.3. The third-order valence-corrected chi connectivity index (χ3v) is 16.9. The van der Waals surface area contributed by atoms with Crippen LogP contribution in [0.15, 0.2) is 42.5 Å². The lowest BCUT2D eigenvalue weighted by atomic mass is 9.73. The summed E-state index contributed by atoms with van der Waals surface area (Å²) in [6.45, 7) is 10.0. The van der Waals surface area contributed by atoms with E-state index in [1.807, 2.05) is 19.9 Å². The van der Waals surface area contributed by atoms with Gasteiger partial charge in [0.1, 0.15) is 29.5 Å². The molecule has 3 N–H and O–H groups in total. The number of likely N-dealkylation sites (tertiary alicyclic amines) is 2. The fourth-order valence-corrected chi connectivity index (χ4v) is 11.1. The molecule has 2 saturated heterocycles. The van der Waals surface area contributed by atoms with Crippen LogP contribution in [0.5, 0.6) is 11.5 Å². The van der Waals surface area contributed by atoms with E-state index in [-0.39, 0.29) is 49.4 Å². The molecule has 1 aromatic carbocycles. The molecule has 4 amide bonds. The predicted molar refractivity (Wildman–Crippen MR) is 252 cm³/mol. The molecule has 8 rings (SSSR count). The molecule has 3 aliphatic carbocycles. The topological polar surface area (TPSA) is 186 Å². The summed E-state index contributed by atoms with van der Waals surface area (Å²) in [5.41, 5.74) is -4.30. The summed E-state index contributed by atoms with van der Waals surface area (Å²) in [6.07, 6.45) is 9.54. The molecule has 4 unspecified atom stereocenters. The maximum atomic E-state index is 15.0. The average molecular weight is 985 g/mol. The Morgan fingerprint density at radius 3 is 2.45 bits per heavy atom. The molecular formula is C50H67F3N6O9S. The predicted octanol–water partition coefficient (Wildman–Crippen LogP) is 6.98. The minimum Gasteiger partial charge on any atom is -0.493 e. The minimum absolute atomic E-state index is 0.00309. The molecule has 15 nitrogen and oxygen atoms in total. The molecule has 2 saturated carbocycles. The normalized spacial score (nSPS) is 25.6. The second kappa shape index (κ2) is 20.1. The van der Waals surface area contributed by atoms with Crippen LogP contribution < -0.4 is 24.8 Å². The number of aromatic nitrogens is 1. The zero-order valence-corrected chi connectivity index (χ0v) is 40.9. The lowest BCUT2D eigenvalue weighted by Gasteiger charge is -2.42. The number of rotatable bonds is 19. The maximum absolute atomic E-state index is 15.0. The van der Waals surface area contributed by atoms with Gasteiger partial charge < -0.3 is 34.6 Å². The Balaban J connectivity index is 1.06. The molecule has 4 fully saturated rings. The van der Waals surface area contributed by atoms with Crippen LogP contribution in [0.25, 0.3) is 10.9 Å². The SMILES string of the molecule is CCCCCC=CC1C=CC1(NC(=O)C1CC2(CCc3c(c(C(F)(F)F)nc4ccc(OCC5CCN(CC6CC6)CC5)cc34)O2)CN1C(=O)CNC(=O)OCC(C)C)C(=O)NS(=O)(=O)C1(C)CC1. The van der Waals surface area contributed by atoms with Crippen molar-refractivity contribution in [2.24, 2.45) is 23.7 Å². The molecule has 69 heavy (non-hydrogen) atoms. The first-order valence-electron chi connectivity index (χ1n) is 24.8. The van der Waals surface area contributed by atoms with Gasteiger partial charge in [-0.15, -0.1) is 0 Å². The molecule has 1 aromatic heterocycles. The number of aryl methyl sites for hydroxylation is 1. The molecular weight excluding hydrogens is 918 g/mol. The molecule has 4 atom stereocenters. The van der Waals surface area contributed by atoms with Crippen molar-refractivity contribution in [1.29, 1.82) is 0 Å². The number of benzene rings is 1. The monoisotopic (exact) mass is 984 g/mol. The summed E-state index contributed by atoms with van der Waals surface area (Å²) < 4.78 is 90.8. The lowest BCUT2D eigenvalue weighted by Crippen LogP contribution is -2.67. The number of piperidine rings is 1. The zero-order valence-electron chi connectivity index (χ0n) is 40.1. The quantitative estimate of drug-likeness (QED) is 0.0975. The summed E-state index contributed by atoms with van der Waals surface area (Å²) in [4.78, 5) is 63.5. The summed E-state index contributed by atoms with van der Waals surface area (Å²) in [7, 11) is -4.16. The number of alkyl halides is 3. The van der Waals surface area contributed by atoms with Crippen LogP contribution in [-0.4, -0.2) is 115 Å². The smallest absolute Gasteiger partial charge is 0.437 e. The zero-order chi connectivity index (χ0) is 49.4. The van der Waals surface area contributed by atoms with Crippen molar-refractivity contribution in [2.45, 2.75) is 139 Å². The first kappa shape index (κ1) is 50.5. The van der Waals surface area contributed by atoms with Gasteiger partial charge in [0.05, 0.1) is 30.0 Å². The van der Waals surface area contributed by atoms with Crippen LogP contribution in [-0.2, 0) is 41.7 Å². The number of allylic oxidation sites excluding steroid dienone is 1. The first-order chi connectivity index (χ1) is 32.7. The number of carbonyl (C=O) groups is 4. The van der Waals surface area contributed by atoms with Crippen LogP contribution in [0.2, 0.25) is 0 Å². The molecule has 19 heteroatoms. The molecule has 378 valence electrons. The second-order valence-corrected chi connectivity index (χ2v) is 23.1. The van der Waals surface area contributed by atoms with Crippen molar-refractivity contribution in [2.75, 3.05) is 45.9 Å². The van der Waals surface area contributed by atoms with Gasteiger partial charge in [-0.25, -0.2) is 18.2 Å². The fraction of sp³-hybridized carbons (Fsp3) is 0.660. The highest BCUT2D eigenvalue weighted by atomic mass is 32.2. The summed E-state index contributed by atoms with van der Waals surface area (Å²) >= 11 is 0. The van der Waals surface area contributed by atoms with E-state index in [0.717, 1.165) is 62.6 Å². The van der Waals surface area contributed by atoms with Crippen LogP contribution >= 0.6 is 0 Å². The standard InChI is InChI=1S/C50H67F3N6O9S/c1-5-6-7-8-9-10-35-15-20-49(35,45(62)57-69(64,65)47(4)21-22-47)56-44(61)40-26-48(31-59(40)41(60)27-54-46(63)67-29-32(2)3)19-16-37-38-25-36(13-14-39(38)55-43(42(37)68-48)50(51,52)53)66-30-34-17-23-58(24-18-34)28-33-11-12-33/h9-10,13-15,20,25,32-35,40H,5-8,11-12,16-19,21-24,26-31H2,1-4H3,(H,54,63)(H,56,61)(H,57,62). The van der Waals surface area contributed by atoms with Crippen LogP contribution in [0.4, 0.5) is 18.0 Å². The van der Waals surface area contributed by atoms with Gasteiger partial charge in [-0.2, -0.15) is 13.2 Å². The van der Waals surface area contributed by atoms with Gasteiger partial charge in [0, 0.05) is 29.8 Å². The van der Waals surface area contributed by atoms with E-state index >= 15 is 13.2 Å². The van der Waals surface area contributed by atoms with Gasteiger partial charge >= 0.3 is 12.3 Å². The van der Waals surface area contributed by atoms with Crippen molar-refractivity contribution in [3.05, 3.63) is 53.8 Å². The molecule has 1 spiro atoms. The van der Waals surface area contributed by atoms with E-state index in [2.05, 4.69) is 32.2 Å². The molecule has 2 aromatic rings. The van der Waals surface area contributed by atoms with Gasteiger partial charge in [-0.1, -0.05) is 57.9 Å². The van der Waals surface area contributed by atoms with Crippen molar-refractivity contribution in [3.63, 3.8) is 0 Å². The van der Waals surface area contributed by atoms with Crippen molar-refractivity contribution in [1.82, 2.24) is 30.1 Å². The number of pyridine rings is 1. The molecule has 4 heterocycles. The van der Waals surface area contributed by atoms with E-state index in [4.69, 9.17) is 14.2 Å². The number of halogens is 3. The number of hydrogen-bond donors (Lipinski definition) is 3. The molecule has 3 aliphatic heterocycles. The Morgan fingerprint density at radius 1 is 1.04 bits per heavy atom. The number of unbranched alkanes of at least 4 members (excludes halogenated alkanes) is 3. The molecule has 0 radical (unpaired) electrons. The Kier molecular flexibility index (Phi) is 14.7. The minimum atomic E-state index is -4.95. The van der Waals surface area contributed by atoms with E-state index in [0.29, 0.717) is 42.9 Å². The molecule has 0 bridgehead atoms. The van der Waals surface area contributed by atoms with Gasteiger partial charge in [0.25, 0.3) is 5.91 Å². The number of amides is 4. The van der Waals surface area contributed by atoms with Gasteiger partial charge in [0.15, 0.2) is 11.4 Å².